The average Bonchev–Trinajstić information content (AvgIpc) is 2.68. The first-order valence-electron chi connectivity index (χ1n) is 8.94. The average molecular weight is 379 g/mol. The van der Waals surface area contributed by atoms with Gasteiger partial charge in [0.15, 0.2) is 0 Å². The molecule has 1 atom stereocenters. The van der Waals surface area contributed by atoms with Crippen LogP contribution in [-0.2, 0) is 16.0 Å². The molecule has 0 amide bonds. The second-order valence-electron chi connectivity index (χ2n) is 6.49. The molecular formula is C21H21N3O4. The van der Waals surface area contributed by atoms with Gasteiger partial charge in [-0.1, -0.05) is 36.4 Å². The number of carbonyl (C=O) groups is 1. The molecule has 0 spiro atoms. The Hall–Kier alpha value is -3.48. The van der Waals surface area contributed by atoms with Crippen LogP contribution in [0.1, 0.15) is 31.0 Å². The molecule has 1 aromatic carbocycles. The normalized spacial score (nSPS) is 16.6. The highest BCUT2D eigenvalue weighted by molar-refractivity contribution is 5.92. The van der Waals surface area contributed by atoms with Crippen molar-refractivity contribution >= 4 is 5.97 Å². The standard InChI is InChI=1S/C21H21N3O4/c1-14-18(21(25)28-13-11-16-8-4-3-5-9-16)19(17-10-6-7-12-22-17)20(24(26)27)15(2)23-14/h3-10,12,19,23H,11,13H2,1-2H3/t19-/m1/s1. The van der Waals surface area contributed by atoms with Crippen LogP contribution in [0.2, 0.25) is 0 Å². The van der Waals surface area contributed by atoms with Gasteiger partial charge in [-0.15, -0.1) is 0 Å². The monoisotopic (exact) mass is 379 g/mol. The maximum absolute atomic E-state index is 12.9. The fraction of sp³-hybridized carbons (Fsp3) is 0.238. The van der Waals surface area contributed by atoms with Crippen LogP contribution >= 0.6 is 0 Å². The van der Waals surface area contributed by atoms with Crippen LogP contribution in [0.5, 0.6) is 0 Å². The summed E-state index contributed by atoms with van der Waals surface area (Å²) in [5.74, 6) is -1.47. The van der Waals surface area contributed by atoms with Crippen LogP contribution in [0.15, 0.2) is 77.4 Å². The predicted molar refractivity (Wildman–Crippen MR) is 104 cm³/mol. The number of allylic oxidation sites excluding steroid dienone is 3. The zero-order valence-corrected chi connectivity index (χ0v) is 15.7. The lowest BCUT2D eigenvalue weighted by atomic mass is 9.87. The number of ether oxygens (including phenoxy) is 1. The Bertz CT molecular complexity index is 937. The topological polar surface area (TPSA) is 94.4 Å². The number of benzene rings is 1. The van der Waals surface area contributed by atoms with Crippen LogP contribution in [0.3, 0.4) is 0 Å². The molecule has 3 rings (SSSR count). The second kappa shape index (κ2) is 8.47. The second-order valence-corrected chi connectivity index (χ2v) is 6.49. The maximum atomic E-state index is 12.9. The van der Waals surface area contributed by atoms with Crippen LogP contribution in [-0.4, -0.2) is 22.5 Å². The van der Waals surface area contributed by atoms with Gasteiger partial charge in [0.1, 0.15) is 5.92 Å². The Morgan fingerprint density at radius 3 is 2.50 bits per heavy atom. The van der Waals surface area contributed by atoms with E-state index in [1.165, 1.54) is 0 Å². The molecule has 0 saturated heterocycles. The van der Waals surface area contributed by atoms with Gasteiger partial charge in [-0.05, 0) is 31.5 Å². The number of esters is 1. The molecule has 1 aliphatic rings. The number of pyridine rings is 1. The maximum Gasteiger partial charge on any atom is 0.337 e. The number of carbonyl (C=O) groups excluding carboxylic acids is 1. The first-order chi connectivity index (χ1) is 13.5. The van der Waals surface area contributed by atoms with Crippen LogP contribution in [0.25, 0.3) is 0 Å². The van der Waals surface area contributed by atoms with E-state index < -0.39 is 16.8 Å². The molecule has 2 heterocycles. The van der Waals surface area contributed by atoms with Crippen molar-refractivity contribution in [3.05, 3.63) is 98.8 Å². The zero-order chi connectivity index (χ0) is 20.1. The molecule has 1 aliphatic heterocycles. The third kappa shape index (κ3) is 4.09. The SMILES string of the molecule is CC1=C(C(=O)OCCc2ccccc2)[C@@H](c2ccccn2)C([N+](=O)[O-])=C(C)N1. The predicted octanol–water partition coefficient (Wildman–Crippen LogP) is 3.34. The van der Waals surface area contributed by atoms with Gasteiger partial charge in [-0.2, -0.15) is 0 Å². The highest BCUT2D eigenvalue weighted by Gasteiger charge is 2.41. The highest BCUT2D eigenvalue weighted by atomic mass is 16.6. The summed E-state index contributed by atoms with van der Waals surface area (Å²) in [5, 5.41) is 14.7. The van der Waals surface area contributed by atoms with Crippen LogP contribution in [0, 0.1) is 10.1 Å². The summed E-state index contributed by atoms with van der Waals surface area (Å²) in [4.78, 5) is 28.4. The fourth-order valence-corrected chi connectivity index (χ4v) is 3.31. The summed E-state index contributed by atoms with van der Waals surface area (Å²) in [5.41, 5.74) is 2.51. The number of aromatic nitrogens is 1. The summed E-state index contributed by atoms with van der Waals surface area (Å²) in [6.45, 7) is 3.52. The summed E-state index contributed by atoms with van der Waals surface area (Å²) in [6, 6.07) is 14.8. The van der Waals surface area contributed by atoms with Crippen molar-refractivity contribution in [2.45, 2.75) is 26.2 Å². The molecule has 0 bridgehead atoms. The zero-order valence-electron chi connectivity index (χ0n) is 15.7. The van der Waals surface area contributed by atoms with E-state index >= 15 is 0 Å². The number of nitrogens with one attached hydrogen (secondary N) is 1. The van der Waals surface area contributed by atoms with E-state index in [1.807, 2.05) is 30.3 Å². The molecule has 7 nitrogen and oxygen atoms in total. The molecule has 1 aromatic heterocycles. The number of nitro groups is 1. The van der Waals surface area contributed by atoms with Crippen molar-refractivity contribution < 1.29 is 14.5 Å². The van der Waals surface area contributed by atoms with Crippen molar-refractivity contribution in [3.8, 4) is 0 Å². The van der Waals surface area contributed by atoms with E-state index in [1.54, 1.807) is 38.2 Å². The van der Waals surface area contributed by atoms with Gasteiger partial charge < -0.3 is 10.1 Å². The lowest BCUT2D eigenvalue weighted by molar-refractivity contribution is -0.431. The van der Waals surface area contributed by atoms with E-state index in [9.17, 15) is 14.9 Å². The molecule has 144 valence electrons. The minimum atomic E-state index is -0.887. The number of hydrogen-bond donors (Lipinski definition) is 1. The van der Waals surface area contributed by atoms with Gasteiger partial charge in [0.2, 0.25) is 0 Å². The van der Waals surface area contributed by atoms with Gasteiger partial charge in [-0.25, -0.2) is 4.79 Å². The summed E-state index contributed by atoms with van der Waals surface area (Å²) in [6.07, 6.45) is 2.12. The number of hydrogen-bond acceptors (Lipinski definition) is 6. The van der Waals surface area contributed by atoms with Gasteiger partial charge >= 0.3 is 5.97 Å². The summed E-state index contributed by atoms with van der Waals surface area (Å²) in [7, 11) is 0. The van der Waals surface area contributed by atoms with Gasteiger partial charge in [0, 0.05) is 18.3 Å². The molecule has 0 aliphatic carbocycles. The summed E-state index contributed by atoms with van der Waals surface area (Å²) < 4.78 is 5.46. The molecule has 1 N–H and O–H groups in total. The quantitative estimate of drug-likeness (QED) is 0.470. The van der Waals surface area contributed by atoms with E-state index in [4.69, 9.17) is 4.74 Å². The van der Waals surface area contributed by atoms with Crippen molar-refractivity contribution in [2.75, 3.05) is 6.61 Å². The lowest BCUT2D eigenvalue weighted by Crippen LogP contribution is -2.32. The van der Waals surface area contributed by atoms with Gasteiger partial charge in [0.25, 0.3) is 5.70 Å². The fourth-order valence-electron chi connectivity index (χ4n) is 3.31. The minimum Gasteiger partial charge on any atom is -0.462 e. The van der Waals surface area contributed by atoms with Crippen LogP contribution < -0.4 is 5.32 Å². The Kier molecular flexibility index (Phi) is 5.84. The van der Waals surface area contributed by atoms with E-state index in [0.29, 0.717) is 23.5 Å². The van der Waals surface area contributed by atoms with E-state index in [0.717, 1.165) is 5.56 Å². The smallest absolute Gasteiger partial charge is 0.337 e. The largest absolute Gasteiger partial charge is 0.462 e. The molecule has 0 fully saturated rings. The minimum absolute atomic E-state index is 0.0979. The van der Waals surface area contributed by atoms with Gasteiger partial charge in [-0.3, -0.25) is 15.1 Å². The Morgan fingerprint density at radius 1 is 1.14 bits per heavy atom. The summed E-state index contributed by atoms with van der Waals surface area (Å²) >= 11 is 0. The van der Waals surface area contributed by atoms with Crippen LogP contribution in [0.4, 0.5) is 0 Å². The molecule has 0 saturated carbocycles. The van der Waals surface area contributed by atoms with Crippen molar-refractivity contribution in [1.82, 2.24) is 10.3 Å². The first kappa shape index (κ1) is 19.3. The van der Waals surface area contributed by atoms with Crippen molar-refractivity contribution in [2.24, 2.45) is 0 Å². The molecule has 7 heteroatoms. The molecular weight excluding hydrogens is 358 g/mol. The number of rotatable bonds is 6. The molecule has 0 unspecified atom stereocenters. The Morgan fingerprint density at radius 2 is 1.86 bits per heavy atom. The molecule has 28 heavy (non-hydrogen) atoms. The Labute approximate surface area is 162 Å². The Balaban J connectivity index is 1.87. The number of dihydropyridines is 1. The van der Waals surface area contributed by atoms with E-state index in [-0.39, 0.29) is 17.9 Å². The third-order valence-corrected chi connectivity index (χ3v) is 4.59. The molecule has 0 radical (unpaired) electrons. The van der Waals surface area contributed by atoms with E-state index in [2.05, 4.69) is 10.3 Å². The molecule has 2 aromatic rings. The third-order valence-electron chi connectivity index (χ3n) is 4.59. The van der Waals surface area contributed by atoms with Crippen molar-refractivity contribution in [1.29, 1.82) is 0 Å². The van der Waals surface area contributed by atoms with Crippen molar-refractivity contribution in [3.63, 3.8) is 0 Å². The lowest BCUT2D eigenvalue weighted by Gasteiger charge is -2.25. The first-order valence-corrected chi connectivity index (χ1v) is 8.94. The number of nitrogens with zero attached hydrogens (tertiary/aromatic N) is 2. The van der Waals surface area contributed by atoms with Gasteiger partial charge in [0.05, 0.1) is 28.5 Å². The highest BCUT2D eigenvalue weighted by Crippen LogP contribution is 2.37.